The van der Waals surface area contributed by atoms with Gasteiger partial charge in [0.25, 0.3) is 0 Å². The number of nitrogens with one attached hydrogen (secondary N) is 1. The Morgan fingerprint density at radius 3 is 2.12 bits per heavy atom. The van der Waals surface area contributed by atoms with Crippen molar-refractivity contribution < 1.29 is 26.4 Å². The van der Waals surface area contributed by atoms with Crippen LogP contribution in [0.25, 0.3) is 0 Å². The molecule has 2 aromatic rings. The SMILES string of the molecule is CCOc1ccc(S(=O)(=O)N2CCC(C(=O)NCCc3ccc(S(N)(=O)=O)cc3)CC2)cc1. The lowest BCUT2D eigenvalue weighted by atomic mass is 9.97. The second-order valence-electron chi connectivity index (χ2n) is 7.81. The molecule has 0 spiro atoms. The zero-order chi connectivity index (χ0) is 24.1. The van der Waals surface area contributed by atoms with E-state index in [1.54, 1.807) is 24.3 Å². The van der Waals surface area contributed by atoms with Crippen LogP contribution in [0.2, 0.25) is 0 Å². The number of carbonyl (C=O) groups excluding carboxylic acids is 1. The van der Waals surface area contributed by atoms with Gasteiger partial charge in [-0.15, -0.1) is 0 Å². The number of rotatable bonds is 9. The number of nitrogens with two attached hydrogens (primary N) is 1. The van der Waals surface area contributed by atoms with E-state index in [-0.39, 0.29) is 34.7 Å². The van der Waals surface area contributed by atoms with Crippen LogP contribution in [0.3, 0.4) is 0 Å². The van der Waals surface area contributed by atoms with Crippen LogP contribution in [-0.4, -0.2) is 53.3 Å². The molecule has 33 heavy (non-hydrogen) atoms. The van der Waals surface area contributed by atoms with Crippen LogP contribution in [0.1, 0.15) is 25.3 Å². The quantitative estimate of drug-likeness (QED) is 0.541. The van der Waals surface area contributed by atoms with Crippen LogP contribution in [0.15, 0.2) is 58.3 Å². The zero-order valence-corrected chi connectivity index (χ0v) is 20.1. The van der Waals surface area contributed by atoms with Crippen molar-refractivity contribution in [3.05, 3.63) is 54.1 Å². The molecule has 11 heteroatoms. The summed E-state index contributed by atoms with van der Waals surface area (Å²) >= 11 is 0. The molecule has 180 valence electrons. The highest BCUT2D eigenvalue weighted by Gasteiger charge is 2.32. The average molecular weight is 496 g/mol. The molecule has 0 unspecified atom stereocenters. The van der Waals surface area contributed by atoms with Gasteiger partial charge in [-0.3, -0.25) is 4.79 Å². The van der Waals surface area contributed by atoms with E-state index < -0.39 is 20.0 Å². The lowest BCUT2D eigenvalue weighted by Gasteiger charge is -2.30. The lowest BCUT2D eigenvalue weighted by Crippen LogP contribution is -2.43. The Morgan fingerprint density at radius 1 is 1.00 bits per heavy atom. The molecule has 0 atom stereocenters. The molecule has 0 bridgehead atoms. The van der Waals surface area contributed by atoms with Crippen LogP contribution >= 0.6 is 0 Å². The molecule has 3 N–H and O–H groups in total. The number of benzene rings is 2. The molecule has 1 aliphatic heterocycles. The highest BCUT2D eigenvalue weighted by atomic mass is 32.2. The molecule has 1 heterocycles. The fourth-order valence-corrected chi connectivity index (χ4v) is 5.69. The van der Waals surface area contributed by atoms with E-state index >= 15 is 0 Å². The number of hydrogen-bond donors (Lipinski definition) is 2. The van der Waals surface area contributed by atoms with E-state index in [2.05, 4.69) is 5.32 Å². The normalized spacial score (nSPS) is 15.8. The van der Waals surface area contributed by atoms with Crippen molar-refractivity contribution in [2.24, 2.45) is 11.1 Å². The highest BCUT2D eigenvalue weighted by Crippen LogP contribution is 2.25. The molecule has 0 radical (unpaired) electrons. The molecule has 3 rings (SSSR count). The summed E-state index contributed by atoms with van der Waals surface area (Å²) in [5.41, 5.74) is 0.874. The summed E-state index contributed by atoms with van der Waals surface area (Å²) in [4.78, 5) is 12.8. The van der Waals surface area contributed by atoms with Crippen molar-refractivity contribution in [3.63, 3.8) is 0 Å². The first-order valence-electron chi connectivity index (χ1n) is 10.7. The molecule has 1 saturated heterocycles. The first kappa shape index (κ1) is 25.2. The molecular weight excluding hydrogens is 466 g/mol. The monoisotopic (exact) mass is 495 g/mol. The third kappa shape index (κ3) is 6.53. The topological polar surface area (TPSA) is 136 Å². The van der Waals surface area contributed by atoms with Gasteiger partial charge in [0.2, 0.25) is 26.0 Å². The number of carbonyl (C=O) groups is 1. The molecule has 9 nitrogen and oxygen atoms in total. The Morgan fingerprint density at radius 2 is 1.58 bits per heavy atom. The third-order valence-corrected chi connectivity index (χ3v) is 8.40. The second-order valence-corrected chi connectivity index (χ2v) is 11.3. The third-order valence-electron chi connectivity index (χ3n) is 5.56. The summed E-state index contributed by atoms with van der Waals surface area (Å²) in [6.45, 7) is 3.33. The van der Waals surface area contributed by atoms with Gasteiger partial charge in [-0.05, 0) is 68.1 Å². The summed E-state index contributed by atoms with van der Waals surface area (Å²) in [5.74, 6) is 0.267. The van der Waals surface area contributed by atoms with Crippen molar-refractivity contribution in [1.82, 2.24) is 9.62 Å². The van der Waals surface area contributed by atoms with E-state index in [1.165, 1.54) is 28.6 Å². The summed E-state index contributed by atoms with van der Waals surface area (Å²) in [6.07, 6.45) is 1.44. The van der Waals surface area contributed by atoms with Gasteiger partial charge in [-0.2, -0.15) is 4.31 Å². The minimum Gasteiger partial charge on any atom is -0.494 e. The molecule has 0 saturated carbocycles. The maximum atomic E-state index is 12.9. The first-order chi connectivity index (χ1) is 15.6. The molecule has 2 aromatic carbocycles. The van der Waals surface area contributed by atoms with Crippen molar-refractivity contribution in [1.29, 1.82) is 0 Å². The first-order valence-corrected chi connectivity index (χ1v) is 13.7. The molecule has 0 aromatic heterocycles. The molecule has 1 aliphatic rings. The number of amides is 1. The predicted octanol–water partition coefficient (Wildman–Crippen LogP) is 1.49. The van der Waals surface area contributed by atoms with Crippen molar-refractivity contribution >= 4 is 26.0 Å². The maximum absolute atomic E-state index is 12.9. The number of nitrogens with zero attached hydrogens (tertiary/aromatic N) is 1. The summed E-state index contributed by atoms with van der Waals surface area (Å²) < 4.78 is 55.1. The van der Waals surface area contributed by atoms with Crippen LogP contribution in [0, 0.1) is 5.92 Å². The number of piperidine rings is 1. The Labute approximate surface area is 195 Å². The van der Waals surface area contributed by atoms with E-state index in [9.17, 15) is 21.6 Å². The average Bonchev–Trinajstić information content (AvgIpc) is 2.79. The van der Waals surface area contributed by atoms with Gasteiger partial charge in [0.15, 0.2) is 0 Å². The maximum Gasteiger partial charge on any atom is 0.243 e. The van der Waals surface area contributed by atoms with Crippen molar-refractivity contribution in [2.45, 2.75) is 36.0 Å². The fraction of sp³-hybridized carbons (Fsp3) is 0.409. The molecular formula is C22H29N3O6S2. The van der Waals surface area contributed by atoms with E-state index in [4.69, 9.17) is 9.88 Å². The van der Waals surface area contributed by atoms with Gasteiger partial charge in [0.05, 0.1) is 16.4 Å². The lowest BCUT2D eigenvalue weighted by molar-refractivity contribution is -0.126. The van der Waals surface area contributed by atoms with E-state index in [0.29, 0.717) is 38.2 Å². The summed E-state index contributed by atoms with van der Waals surface area (Å²) in [7, 11) is -7.34. The van der Waals surface area contributed by atoms with Crippen molar-refractivity contribution in [2.75, 3.05) is 26.2 Å². The van der Waals surface area contributed by atoms with Gasteiger partial charge >= 0.3 is 0 Å². The highest BCUT2D eigenvalue weighted by molar-refractivity contribution is 7.89. The van der Waals surface area contributed by atoms with E-state index in [1.807, 2.05) is 6.92 Å². The van der Waals surface area contributed by atoms with E-state index in [0.717, 1.165) is 5.56 Å². The molecule has 1 amide bonds. The van der Waals surface area contributed by atoms with Gasteiger partial charge < -0.3 is 10.1 Å². The van der Waals surface area contributed by atoms with Crippen LogP contribution < -0.4 is 15.2 Å². The number of primary sulfonamides is 1. The standard InChI is InChI=1S/C22H29N3O6S2/c1-2-31-19-5-9-21(10-6-19)33(29,30)25-15-12-18(13-16-25)22(26)24-14-11-17-3-7-20(8-4-17)32(23,27)28/h3-10,18H,2,11-16H2,1H3,(H,24,26)(H2,23,27,28). The summed E-state index contributed by atoms with van der Waals surface area (Å²) in [5, 5.41) is 7.97. The Bertz CT molecular complexity index is 1160. The Balaban J connectivity index is 1.47. The van der Waals surface area contributed by atoms with Crippen LogP contribution in [-0.2, 0) is 31.3 Å². The fourth-order valence-electron chi connectivity index (χ4n) is 3.70. The largest absolute Gasteiger partial charge is 0.494 e. The van der Waals surface area contributed by atoms with Crippen molar-refractivity contribution in [3.8, 4) is 5.75 Å². The molecule has 1 fully saturated rings. The smallest absolute Gasteiger partial charge is 0.243 e. The zero-order valence-electron chi connectivity index (χ0n) is 18.4. The minimum absolute atomic E-state index is 0.0437. The van der Waals surface area contributed by atoms with Crippen LogP contribution in [0.5, 0.6) is 5.75 Å². The van der Waals surface area contributed by atoms with Gasteiger partial charge in [0, 0.05) is 25.6 Å². The Hall–Kier alpha value is -2.47. The van der Waals surface area contributed by atoms with Gasteiger partial charge in [0.1, 0.15) is 5.75 Å². The number of ether oxygens (including phenoxy) is 1. The van der Waals surface area contributed by atoms with Crippen LogP contribution in [0.4, 0.5) is 0 Å². The molecule has 0 aliphatic carbocycles. The number of hydrogen-bond acceptors (Lipinski definition) is 6. The second kappa shape index (κ2) is 10.6. The Kier molecular flexibility index (Phi) is 8.11. The van der Waals surface area contributed by atoms with Gasteiger partial charge in [-0.1, -0.05) is 12.1 Å². The predicted molar refractivity (Wildman–Crippen MR) is 124 cm³/mol. The van der Waals surface area contributed by atoms with Gasteiger partial charge in [-0.25, -0.2) is 22.0 Å². The minimum atomic E-state index is -3.73. The summed E-state index contributed by atoms with van der Waals surface area (Å²) in [6, 6.07) is 12.5. The number of sulfonamides is 2.